The summed E-state index contributed by atoms with van der Waals surface area (Å²) in [6.45, 7) is 5.19. The first-order valence-corrected chi connectivity index (χ1v) is 15.2. The average molecular weight is 601 g/mol. The predicted molar refractivity (Wildman–Crippen MR) is 169 cm³/mol. The first-order valence-electron chi connectivity index (χ1n) is 15.2. The van der Waals surface area contributed by atoms with Crippen LogP contribution in [0.1, 0.15) is 70.1 Å². The van der Waals surface area contributed by atoms with Gasteiger partial charge >= 0.3 is 0 Å². The number of rotatable bonds is 10. The van der Waals surface area contributed by atoms with E-state index < -0.39 is 5.91 Å². The first-order chi connectivity index (χ1) is 21.3. The van der Waals surface area contributed by atoms with Crippen LogP contribution in [0.4, 0.5) is 23.1 Å². The van der Waals surface area contributed by atoms with E-state index in [0.29, 0.717) is 47.9 Å². The molecule has 2 heterocycles. The lowest BCUT2D eigenvalue weighted by atomic mass is 9.95. The predicted octanol–water partition coefficient (Wildman–Crippen LogP) is 3.91. The van der Waals surface area contributed by atoms with Crippen LogP contribution in [-0.2, 0) is 0 Å². The third kappa shape index (κ3) is 7.62. The highest BCUT2D eigenvalue weighted by Gasteiger charge is 2.22. The van der Waals surface area contributed by atoms with Gasteiger partial charge in [0.15, 0.2) is 0 Å². The lowest BCUT2D eigenvalue weighted by Crippen LogP contribution is -2.47. The van der Waals surface area contributed by atoms with Crippen LogP contribution in [0.5, 0.6) is 5.75 Å². The molecule has 0 unspecified atom stereocenters. The maximum Gasteiger partial charge on any atom is 0.254 e. The first kappa shape index (κ1) is 30.7. The van der Waals surface area contributed by atoms with Crippen LogP contribution >= 0.6 is 0 Å². The highest BCUT2D eigenvalue weighted by molar-refractivity contribution is 5.99. The maximum absolute atomic E-state index is 13.2. The molecule has 5 N–H and O–H groups in total. The molecule has 0 atom stereocenters. The van der Waals surface area contributed by atoms with Crippen molar-refractivity contribution in [2.24, 2.45) is 5.73 Å². The normalized spacial score (nSPS) is 15.8. The zero-order valence-corrected chi connectivity index (χ0v) is 25.3. The third-order valence-electron chi connectivity index (χ3n) is 7.97. The molecule has 1 saturated heterocycles. The minimum atomic E-state index is -0.702. The molecular weight excluding hydrogens is 560 g/mol. The third-order valence-corrected chi connectivity index (χ3v) is 7.97. The Kier molecular flexibility index (Phi) is 9.90. The fraction of sp³-hybridized carbons (Fsp3) is 0.406. The molecule has 12 nitrogen and oxygen atoms in total. The number of nitrogens with zero attached hydrogens (tertiary/aromatic N) is 4. The number of nitrogens with one attached hydrogen (secondary N) is 3. The van der Waals surface area contributed by atoms with Crippen LogP contribution in [0.2, 0.25) is 0 Å². The van der Waals surface area contributed by atoms with Crippen molar-refractivity contribution >= 4 is 40.9 Å². The van der Waals surface area contributed by atoms with Crippen molar-refractivity contribution in [1.29, 1.82) is 0 Å². The van der Waals surface area contributed by atoms with E-state index in [9.17, 15) is 14.4 Å². The monoisotopic (exact) mass is 600 g/mol. The van der Waals surface area contributed by atoms with Crippen LogP contribution < -0.4 is 26.4 Å². The van der Waals surface area contributed by atoms with E-state index in [4.69, 9.17) is 10.5 Å². The van der Waals surface area contributed by atoms with Gasteiger partial charge in [0.1, 0.15) is 17.1 Å². The number of carbonyl (C=O) groups is 3. The van der Waals surface area contributed by atoms with Crippen LogP contribution in [0.25, 0.3) is 0 Å². The van der Waals surface area contributed by atoms with Gasteiger partial charge in [-0.05, 0) is 69.3 Å². The summed E-state index contributed by atoms with van der Waals surface area (Å²) in [5, 5.41) is 9.39. The molecule has 0 radical (unpaired) electrons. The second-order valence-corrected chi connectivity index (χ2v) is 11.2. The highest BCUT2D eigenvalue weighted by atomic mass is 16.5. The van der Waals surface area contributed by atoms with Crippen molar-refractivity contribution < 1.29 is 19.1 Å². The van der Waals surface area contributed by atoms with Crippen molar-refractivity contribution in [3.8, 4) is 5.75 Å². The minimum Gasteiger partial charge on any atom is -0.492 e. The number of hydrogen-bond acceptors (Lipinski definition) is 9. The summed E-state index contributed by atoms with van der Waals surface area (Å²) in [5.74, 6) is -0.00702. The van der Waals surface area contributed by atoms with Gasteiger partial charge in [0.25, 0.3) is 17.7 Å². The Bertz CT molecular complexity index is 1480. The van der Waals surface area contributed by atoms with Crippen LogP contribution in [0.3, 0.4) is 0 Å². The summed E-state index contributed by atoms with van der Waals surface area (Å²) in [7, 11) is 2.04. The molecule has 2 aromatic carbocycles. The smallest absolute Gasteiger partial charge is 0.254 e. The number of carbonyl (C=O) groups excluding carboxylic acids is 3. The number of likely N-dealkylation sites (N-methyl/N-ethyl adjacent to an activating group) is 1. The molecule has 1 saturated carbocycles. The summed E-state index contributed by atoms with van der Waals surface area (Å²) in [4.78, 5) is 50.9. The van der Waals surface area contributed by atoms with Gasteiger partial charge < -0.3 is 36.2 Å². The minimum absolute atomic E-state index is 0.0607. The molecule has 0 spiro atoms. The van der Waals surface area contributed by atoms with Gasteiger partial charge in [0, 0.05) is 55.2 Å². The average Bonchev–Trinajstić information content (AvgIpc) is 3.03. The van der Waals surface area contributed by atoms with E-state index in [-0.39, 0.29) is 35.2 Å². The fourth-order valence-corrected chi connectivity index (χ4v) is 5.42. The van der Waals surface area contributed by atoms with Crippen LogP contribution in [-0.4, -0.2) is 83.4 Å². The molecule has 3 aromatic rings. The second kappa shape index (κ2) is 14.2. The van der Waals surface area contributed by atoms with Crippen LogP contribution in [0.15, 0.2) is 48.7 Å². The van der Waals surface area contributed by atoms with Crippen molar-refractivity contribution in [3.63, 3.8) is 0 Å². The molecule has 1 aliphatic heterocycles. The van der Waals surface area contributed by atoms with Crippen molar-refractivity contribution in [3.05, 3.63) is 65.4 Å². The molecule has 1 aromatic heterocycles. The zero-order chi connectivity index (χ0) is 31.1. The highest BCUT2D eigenvalue weighted by Crippen LogP contribution is 2.31. The Morgan fingerprint density at radius 3 is 2.34 bits per heavy atom. The van der Waals surface area contributed by atoms with E-state index in [1.54, 1.807) is 42.5 Å². The number of benzene rings is 2. The van der Waals surface area contributed by atoms with E-state index >= 15 is 0 Å². The van der Waals surface area contributed by atoms with E-state index in [0.717, 1.165) is 38.8 Å². The molecule has 2 aliphatic rings. The molecule has 44 heavy (non-hydrogen) atoms. The number of piperazine rings is 1. The van der Waals surface area contributed by atoms with E-state index in [1.165, 1.54) is 12.6 Å². The van der Waals surface area contributed by atoms with Gasteiger partial charge in [-0.1, -0.05) is 19.3 Å². The van der Waals surface area contributed by atoms with E-state index in [1.807, 2.05) is 18.9 Å². The van der Waals surface area contributed by atoms with Gasteiger partial charge in [-0.2, -0.15) is 4.98 Å². The number of primary amides is 1. The Balaban J connectivity index is 1.31. The molecule has 12 heteroatoms. The summed E-state index contributed by atoms with van der Waals surface area (Å²) in [6, 6.07) is 12.4. The van der Waals surface area contributed by atoms with E-state index in [2.05, 4.69) is 30.8 Å². The van der Waals surface area contributed by atoms with Gasteiger partial charge in [-0.3, -0.25) is 14.4 Å². The Labute approximate surface area is 257 Å². The van der Waals surface area contributed by atoms with Gasteiger partial charge in [0.05, 0.1) is 12.3 Å². The Morgan fingerprint density at radius 2 is 1.66 bits per heavy atom. The van der Waals surface area contributed by atoms with Gasteiger partial charge in [0.2, 0.25) is 5.95 Å². The quantitative estimate of drug-likeness (QED) is 0.271. The number of nitrogens with two attached hydrogens (primary N) is 1. The van der Waals surface area contributed by atoms with Gasteiger partial charge in [-0.15, -0.1) is 0 Å². The fourth-order valence-electron chi connectivity index (χ4n) is 5.42. The topological polar surface area (TPSA) is 155 Å². The van der Waals surface area contributed by atoms with Gasteiger partial charge in [-0.25, -0.2) is 4.98 Å². The number of anilines is 4. The van der Waals surface area contributed by atoms with Crippen molar-refractivity contribution in [2.45, 2.75) is 45.1 Å². The van der Waals surface area contributed by atoms with Crippen molar-refractivity contribution in [1.82, 2.24) is 25.1 Å². The molecule has 3 amide bonds. The Morgan fingerprint density at radius 1 is 0.955 bits per heavy atom. The number of hydrogen-bond donors (Lipinski definition) is 4. The van der Waals surface area contributed by atoms with Crippen molar-refractivity contribution in [2.75, 3.05) is 50.5 Å². The lowest BCUT2D eigenvalue weighted by molar-refractivity contribution is 0.0663. The lowest BCUT2D eigenvalue weighted by Gasteiger charge is -2.32. The maximum atomic E-state index is 13.2. The largest absolute Gasteiger partial charge is 0.492 e. The molecule has 5 rings (SSSR count). The molecule has 2 fully saturated rings. The molecular formula is C32H40N8O4. The summed E-state index contributed by atoms with van der Waals surface area (Å²) in [6.07, 6.45) is 6.90. The number of ether oxygens (including phenoxy) is 1. The second-order valence-electron chi connectivity index (χ2n) is 11.2. The van der Waals surface area contributed by atoms with Crippen LogP contribution in [0, 0.1) is 0 Å². The standard InChI is InChI=1S/C32H40N8O4/c1-3-44-27-19-22(31(43)40-17-15-39(2)16-18-40)11-14-26(27)37-29-25(28(33)41)20-34-32(38-29)36-24-12-9-21(10-13-24)30(42)35-23-7-5-4-6-8-23/h9-14,19-20,23H,3-8,15-18H2,1-2H3,(H2,33,41)(H,35,42)(H2,34,36,37,38). The Hall–Kier alpha value is -4.71. The molecule has 0 bridgehead atoms. The molecule has 232 valence electrons. The molecule has 1 aliphatic carbocycles. The summed E-state index contributed by atoms with van der Waals surface area (Å²) >= 11 is 0. The number of amides is 3. The summed E-state index contributed by atoms with van der Waals surface area (Å²) in [5.41, 5.74) is 7.99. The summed E-state index contributed by atoms with van der Waals surface area (Å²) < 4.78 is 5.86. The number of aromatic nitrogens is 2. The zero-order valence-electron chi connectivity index (χ0n) is 25.3. The SMILES string of the molecule is CCOc1cc(C(=O)N2CCN(C)CC2)ccc1Nc1nc(Nc2ccc(C(=O)NC3CCCCC3)cc2)ncc1C(N)=O.